The summed E-state index contributed by atoms with van der Waals surface area (Å²) in [6.07, 6.45) is 6.39. The number of Topliss-reactive ketones (excluding diaryl/α,β-unsaturated/α-hetero) is 1. The fraction of sp³-hybridized carbons (Fsp3) is 0.846. The van der Waals surface area contributed by atoms with E-state index >= 15 is 0 Å². The number of carbonyl (C=O) groups excluding carboxylic acids is 2. The van der Waals surface area contributed by atoms with Crippen LogP contribution in [-0.4, -0.2) is 117 Å². The fourth-order valence-corrected chi connectivity index (χ4v) is 11.0. The lowest BCUT2D eigenvalue weighted by atomic mass is 9.81. The second-order valence-electron chi connectivity index (χ2n) is 16.7. The van der Waals surface area contributed by atoms with Crippen molar-refractivity contribution in [3.8, 4) is 0 Å². The average molecular weight is 699 g/mol. The van der Waals surface area contributed by atoms with Crippen LogP contribution in [0, 0.1) is 11.8 Å². The largest absolute Gasteiger partial charge is 0.378 e. The van der Waals surface area contributed by atoms with Crippen LogP contribution in [0.1, 0.15) is 90.4 Å². The van der Waals surface area contributed by atoms with Crippen molar-refractivity contribution in [3.63, 3.8) is 0 Å². The molecule has 50 heavy (non-hydrogen) atoms. The molecule has 11 heteroatoms. The molecule has 9 unspecified atom stereocenters. The first kappa shape index (κ1) is 34.2. The lowest BCUT2D eigenvalue weighted by Gasteiger charge is -2.47. The summed E-state index contributed by atoms with van der Waals surface area (Å²) in [5.74, 6) is -0.608. The maximum atomic E-state index is 13.9. The molecule has 276 valence electrons. The first-order valence-corrected chi connectivity index (χ1v) is 19.3. The van der Waals surface area contributed by atoms with Gasteiger partial charge in [-0.05, 0) is 62.0 Å². The van der Waals surface area contributed by atoms with Crippen LogP contribution < -0.4 is 0 Å². The number of carbonyl (C=O) groups is 2. The Morgan fingerprint density at radius 1 is 0.760 bits per heavy atom. The van der Waals surface area contributed by atoms with Crippen LogP contribution in [0.25, 0.3) is 0 Å². The fourth-order valence-electron chi connectivity index (χ4n) is 11.0. The van der Waals surface area contributed by atoms with Crippen molar-refractivity contribution in [1.29, 1.82) is 0 Å². The van der Waals surface area contributed by atoms with E-state index in [-0.39, 0.29) is 122 Å². The first-order chi connectivity index (χ1) is 24.2. The third-order valence-corrected chi connectivity index (χ3v) is 13.5. The van der Waals surface area contributed by atoms with E-state index in [1.807, 2.05) is 0 Å². The Labute approximate surface area is 295 Å². The van der Waals surface area contributed by atoms with Gasteiger partial charge in [0.25, 0.3) is 0 Å². The number of ether oxygens (including phenoxy) is 9. The number of fused-ring (bicyclic) bond motifs is 6. The van der Waals surface area contributed by atoms with E-state index in [0.29, 0.717) is 19.3 Å². The average Bonchev–Trinajstić information content (AvgIpc) is 3.76. The van der Waals surface area contributed by atoms with Gasteiger partial charge in [-0.2, -0.15) is 0 Å². The standard InChI is InChI=1S/C39H54O11/c1-19-13-23-5-7-27-20(2)14-25(43-27)9-11-39-18-32-35(49-39)36-37(48-32)38(50-39)34-28(47-36)8-6-24(45-34)15-22(41)16-26-31(17-30(44-23)21(19)3)46-29(10-12-40)33(26)42-4/h12,19,23-38H,2-3,5-11,13-18H2,1,4H3/t19?,23?,24-,25?,26?,27?,28?,29-,30-,31+,32?,33-,34+,35?,36+,37-,38?,39+/m1/s1. The predicted molar refractivity (Wildman–Crippen MR) is 177 cm³/mol. The van der Waals surface area contributed by atoms with Crippen molar-refractivity contribution in [2.24, 2.45) is 11.8 Å². The Morgan fingerprint density at radius 3 is 2.36 bits per heavy atom. The summed E-state index contributed by atoms with van der Waals surface area (Å²) in [6.45, 7) is 11.1. The van der Waals surface area contributed by atoms with Gasteiger partial charge in [0.2, 0.25) is 0 Å². The molecular formula is C39H54O11. The molecule has 0 N–H and O–H groups in total. The normalized spacial score (nSPS) is 53.2. The zero-order chi connectivity index (χ0) is 34.3. The number of rotatable bonds is 3. The molecule has 1 spiro atoms. The molecule has 10 saturated heterocycles. The highest BCUT2D eigenvalue weighted by Crippen LogP contribution is 2.54. The summed E-state index contributed by atoms with van der Waals surface area (Å²) in [5.41, 5.74) is 2.20. The van der Waals surface area contributed by atoms with Gasteiger partial charge in [0.15, 0.2) is 5.79 Å². The number of hydrogen-bond acceptors (Lipinski definition) is 11. The van der Waals surface area contributed by atoms with E-state index in [1.54, 1.807) is 7.11 Å². The summed E-state index contributed by atoms with van der Waals surface area (Å²) in [5, 5.41) is 0. The molecule has 0 saturated carbocycles. The molecule has 10 fully saturated rings. The first-order valence-electron chi connectivity index (χ1n) is 19.3. The molecule has 10 aliphatic rings. The summed E-state index contributed by atoms with van der Waals surface area (Å²) >= 11 is 0. The van der Waals surface area contributed by atoms with E-state index in [2.05, 4.69) is 20.1 Å². The lowest BCUT2D eigenvalue weighted by molar-refractivity contribution is -0.292. The van der Waals surface area contributed by atoms with Crippen LogP contribution in [0.3, 0.4) is 0 Å². The molecule has 0 amide bonds. The van der Waals surface area contributed by atoms with Crippen molar-refractivity contribution < 1.29 is 52.2 Å². The van der Waals surface area contributed by atoms with Crippen LogP contribution >= 0.6 is 0 Å². The van der Waals surface area contributed by atoms with Gasteiger partial charge >= 0.3 is 0 Å². The molecule has 10 heterocycles. The highest BCUT2D eigenvalue weighted by atomic mass is 16.8. The van der Waals surface area contributed by atoms with Crippen LogP contribution in [0.4, 0.5) is 0 Å². The minimum atomic E-state index is -0.776. The van der Waals surface area contributed by atoms with Crippen LogP contribution in [-0.2, 0) is 52.2 Å². The highest BCUT2D eigenvalue weighted by molar-refractivity contribution is 5.79. The van der Waals surface area contributed by atoms with E-state index in [9.17, 15) is 9.59 Å². The summed E-state index contributed by atoms with van der Waals surface area (Å²) in [6, 6.07) is 0. The number of ketones is 1. The summed E-state index contributed by atoms with van der Waals surface area (Å²) in [7, 11) is 1.64. The lowest BCUT2D eigenvalue weighted by Crippen LogP contribution is -2.61. The van der Waals surface area contributed by atoms with E-state index < -0.39 is 11.9 Å². The van der Waals surface area contributed by atoms with Gasteiger partial charge in [0.1, 0.15) is 42.6 Å². The minimum Gasteiger partial charge on any atom is -0.378 e. The Bertz CT molecular complexity index is 1350. The third-order valence-electron chi connectivity index (χ3n) is 13.5. The Kier molecular flexibility index (Phi) is 9.17. The van der Waals surface area contributed by atoms with Gasteiger partial charge in [-0.1, -0.05) is 20.1 Å². The van der Waals surface area contributed by atoms with Gasteiger partial charge in [-0.25, -0.2) is 0 Å². The molecule has 12 bridgehead atoms. The van der Waals surface area contributed by atoms with Crippen molar-refractivity contribution in [2.45, 2.75) is 188 Å². The second kappa shape index (κ2) is 13.4. The van der Waals surface area contributed by atoms with E-state index in [0.717, 1.165) is 62.4 Å². The molecule has 10 aliphatic heterocycles. The maximum absolute atomic E-state index is 13.9. The Morgan fingerprint density at radius 2 is 1.52 bits per heavy atom. The molecule has 0 radical (unpaired) electrons. The predicted octanol–water partition coefficient (Wildman–Crippen LogP) is 4.32. The Balaban J connectivity index is 0.996. The summed E-state index contributed by atoms with van der Waals surface area (Å²) < 4.78 is 59.6. The highest BCUT2D eigenvalue weighted by Gasteiger charge is 2.68. The van der Waals surface area contributed by atoms with Crippen LogP contribution in [0.15, 0.2) is 24.3 Å². The van der Waals surface area contributed by atoms with Crippen molar-refractivity contribution >= 4 is 12.1 Å². The van der Waals surface area contributed by atoms with Crippen LogP contribution in [0.5, 0.6) is 0 Å². The quantitative estimate of drug-likeness (QED) is 0.310. The SMILES string of the molecule is C=C1CC2CC[C@@]34CC5O[C@H]6C(O3)[C@H]3O[C@H](CCC3O[C@H]6C5O4)CC(=O)CC3[C@H](C[C@H]4OC(CCC1O2)CC(C)C4=C)O[C@H](CC=O)[C@@H]3OC. The van der Waals surface area contributed by atoms with E-state index in [4.69, 9.17) is 42.6 Å². The van der Waals surface area contributed by atoms with Gasteiger partial charge in [0, 0.05) is 51.6 Å². The molecule has 11 nitrogen and oxygen atoms in total. The monoisotopic (exact) mass is 698 g/mol. The number of hydrogen-bond donors (Lipinski definition) is 0. The molecule has 0 aromatic carbocycles. The molecule has 10 rings (SSSR count). The zero-order valence-corrected chi connectivity index (χ0v) is 29.5. The van der Waals surface area contributed by atoms with Gasteiger partial charge in [0.05, 0.1) is 61.0 Å². The van der Waals surface area contributed by atoms with Gasteiger partial charge < -0.3 is 47.4 Å². The summed E-state index contributed by atoms with van der Waals surface area (Å²) in [4.78, 5) is 25.6. The molecule has 0 aromatic rings. The smallest absolute Gasteiger partial charge is 0.172 e. The second-order valence-corrected chi connectivity index (χ2v) is 16.7. The molecule has 18 atom stereocenters. The minimum absolute atomic E-state index is 0.0117. The van der Waals surface area contributed by atoms with Gasteiger partial charge in [-0.15, -0.1) is 0 Å². The molecule has 0 aromatic heterocycles. The maximum Gasteiger partial charge on any atom is 0.172 e. The van der Waals surface area contributed by atoms with Crippen LogP contribution in [0.2, 0.25) is 0 Å². The molecule has 0 aliphatic carbocycles. The van der Waals surface area contributed by atoms with Gasteiger partial charge in [-0.3, -0.25) is 4.79 Å². The van der Waals surface area contributed by atoms with Crippen molar-refractivity contribution in [2.75, 3.05) is 7.11 Å². The van der Waals surface area contributed by atoms with E-state index in [1.165, 1.54) is 0 Å². The Hall–Kier alpha value is -1.54. The zero-order valence-electron chi connectivity index (χ0n) is 29.5. The molecular weight excluding hydrogens is 644 g/mol. The number of aldehydes is 1. The number of methoxy groups -OCH3 is 1. The topological polar surface area (TPSA) is 117 Å². The third kappa shape index (κ3) is 6.00. The van der Waals surface area contributed by atoms with Crippen molar-refractivity contribution in [3.05, 3.63) is 24.3 Å². The van der Waals surface area contributed by atoms with Crippen molar-refractivity contribution in [1.82, 2.24) is 0 Å².